The van der Waals surface area contributed by atoms with E-state index >= 15 is 0 Å². The molecule has 1 heterocycles. The summed E-state index contributed by atoms with van der Waals surface area (Å²) in [6.45, 7) is 2.72. The van der Waals surface area contributed by atoms with Crippen LogP contribution in [-0.4, -0.2) is 37.3 Å². The second-order valence-corrected chi connectivity index (χ2v) is 3.78. The van der Waals surface area contributed by atoms with E-state index in [0.29, 0.717) is 0 Å². The van der Waals surface area contributed by atoms with Gasteiger partial charge in [-0.25, -0.2) is 0 Å². The minimum Gasteiger partial charge on any atom is -0.396 e. The van der Waals surface area contributed by atoms with E-state index < -0.39 is 0 Å². The number of rotatable bonds is 7. The fourth-order valence-electron chi connectivity index (χ4n) is 1.42. The molecule has 0 aromatic rings. The quantitative estimate of drug-likeness (QED) is 0.502. The molecule has 3 N–H and O–H groups in total. The highest BCUT2D eigenvalue weighted by Gasteiger charge is 2.23. The first-order valence-electron chi connectivity index (χ1n) is 5.44. The SMILES string of the molecule is O=C(NCCCCCCO)C1CNC1. The van der Waals surface area contributed by atoms with Gasteiger partial charge in [0.2, 0.25) is 5.91 Å². The number of nitrogens with one attached hydrogen (secondary N) is 2. The molecule has 1 fully saturated rings. The third kappa shape index (κ3) is 4.07. The third-order valence-electron chi connectivity index (χ3n) is 2.54. The van der Waals surface area contributed by atoms with Gasteiger partial charge in [-0.15, -0.1) is 0 Å². The molecular weight excluding hydrogens is 180 g/mol. The second-order valence-electron chi connectivity index (χ2n) is 3.78. The Morgan fingerprint density at radius 2 is 2.00 bits per heavy atom. The molecule has 0 spiro atoms. The molecular formula is C10H20N2O2. The highest BCUT2D eigenvalue weighted by Crippen LogP contribution is 2.02. The Balaban J connectivity index is 1.85. The molecule has 1 aliphatic heterocycles. The average Bonchev–Trinajstić information content (AvgIpc) is 2.08. The lowest BCUT2D eigenvalue weighted by molar-refractivity contribution is -0.126. The van der Waals surface area contributed by atoms with Crippen molar-refractivity contribution in [1.82, 2.24) is 10.6 Å². The number of amides is 1. The van der Waals surface area contributed by atoms with E-state index in [2.05, 4.69) is 10.6 Å². The number of aliphatic hydroxyl groups excluding tert-OH is 1. The summed E-state index contributed by atoms with van der Waals surface area (Å²) >= 11 is 0. The molecule has 1 amide bonds. The summed E-state index contributed by atoms with van der Waals surface area (Å²) in [6, 6.07) is 0. The minimum atomic E-state index is 0.186. The summed E-state index contributed by atoms with van der Waals surface area (Å²) < 4.78 is 0. The Kier molecular flexibility index (Phi) is 5.56. The van der Waals surface area contributed by atoms with Gasteiger partial charge >= 0.3 is 0 Å². The van der Waals surface area contributed by atoms with Crippen molar-refractivity contribution in [2.24, 2.45) is 5.92 Å². The number of aliphatic hydroxyl groups is 1. The first-order valence-corrected chi connectivity index (χ1v) is 5.44. The van der Waals surface area contributed by atoms with Gasteiger partial charge in [-0.3, -0.25) is 4.79 Å². The van der Waals surface area contributed by atoms with E-state index in [1.165, 1.54) is 0 Å². The predicted octanol–water partition coefficient (Wildman–Crippen LogP) is -0.125. The standard InChI is InChI=1S/C10H20N2O2/c13-6-4-2-1-3-5-12-10(14)9-7-11-8-9/h9,11,13H,1-8H2,(H,12,14). The zero-order valence-corrected chi connectivity index (χ0v) is 8.59. The summed E-state index contributed by atoms with van der Waals surface area (Å²) in [7, 11) is 0. The van der Waals surface area contributed by atoms with E-state index in [0.717, 1.165) is 45.3 Å². The Hall–Kier alpha value is -0.610. The number of carbonyl (C=O) groups excluding carboxylic acids is 1. The number of unbranched alkanes of at least 4 members (excludes halogenated alkanes) is 3. The summed E-state index contributed by atoms with van der Waals surface area (Å²) in [6.07, 6.45) is 4.04. The van der Waals surface area contributed by atoms with Gasteiger partial charge in [0.1, 0.15) is 0 Å². The maximum Gasteiger partial charge on any atom is 0.225 e. The largest absolute Gasteiger partial charge is 0.396 e. The molecule has 0 bridgehead atoms. The van der Waals surface area contributed by atoms with E-state index in [-0.39, 0.29) is 18.4 Å². The van der Waals surface area contributed by atoms with Crippen LogP contribution in [0.4, 0.5) is 0 Å². The molecule has 1 saturated heterocycles. The van der Waals surface area contributed by atoms with Crippen LogP contribution in [0.3, 0.4) is 0 Å². The number of carbonyl (C=O) groups is 1. The Labute approximate surface area is 85.1 Å². The predicted molar refractivity (Wildman–Crippen MR) is 54.9 cm³/mol. The Morgan fingerprint density at radius 1 is 1.29 bits per heavy atom. The molecule has 4 nitrogen and oxygen atoms in total. The van der Waals surface area contributed by atoms with Crippen LogP contribution in [0.25, 0.3) is 0 Å². The Morgan fingerprint density at radius 3 is 2.57 bits per heavy atom. The van der Waals surface area contributed by atoms with Gasteiger partial charge in [0.05, 0.1) is 5.92 Å². The van der Waals surface area contributed by atoms with Crippen molar-refractivity contribution in [1.29, 1.82) is 0 Å². The molecule has 0 aliphatic carbocycles. The summed E-state index contributed by atoms with van der Waals surface area (Å²) in [5.41, 5.74) is 0. The number of hydrogen-bond donors (Lipinski definition) is 3. The molecule has 14 heavy (non-hydrogen) atoms. The van der Waals surface area contributed by atoms with Crippen molar-refractivity contribution in [3.8, 4) is 0 Å². The van der Waals surface area contributed by atoms with Gasteiger partial charge in [-0.05, 0) is 12.8 Å². The molecule has 0 radical (unpaired) electrons. The summed E-state index contributed by atoms with van der Waals surface area (Å²) in [4.78, 5) is 11.3. The van der Waals surface area contributed by atoms with Crippen LogP contribution in [0.2, 0.25) is 0 Å². The highest BCUT2D eigenvalue weighted by molar-refractivity contribution is 5.79. The van der Waals surface area contributed by atoms with Crippen LogP contribution in [0.5, 0.6) is 0 Å². The minimum absolute atomic E-state index is 0.186. The summed E-state index contributed by atoms with van der Waals surface area (Å²) in [5.74, 6) is 0.387. The lowest BCUT2D eigenvalue weighted by Crippen LogP contribution is -2.50. The summed E-state index contributed by atoms with van der Waals surface area (Å²) in [5, 5.41) is 14.5. The molecule has 0 atom stereocenters. The van der Waals surface area contributed by atoms with E-state index in [9.17, 15) is 4.79 Å². The van der Waals surface area contributed by atoms with Crippen LogP contribution in [0.15, 0.2) is 0 Å². The van der Waals surface area contributed by atoms with E-state index in [1.54, 1.807) is 0 Å². The van der Waals surface area contributed by atoms with Crippen LogP contribution >= 0.6 is 0 Å². The first kappa shape index (κ1) is 11.5. The van der Waals surface area contributed by atoms with Crippen molar-refractivity contribution in [3.05, 3.63) is 0 Å². The fraction of sp³-hybridized carbons (Fsp3) is 0.900. The molecule has 0 aromatic heterocycles. The molecule has 0 aromatic carbocycles. The maximum absolute atomic E-state index is 11.3. The smallest absolute Gasteiger partial charge is 0.225 e. The van der Waals surface area contributed by atoms with Gasteiger partial charge in [0, 0.05) is 26.2 Å². The van der Waals surface area contributed by atoms with Crippen LogP contribution in [-0.2, 0) is 4.79 Å². The van der Waals surface area contributed by atoms with Crippen molar-refractivity contribution < 1.29 is 9.90 Å². The van der Waals surface area contributed by atoms with E-state index in [1.807, 2.05) is 0 Å². The molecule has 0 unspecified atom stereocenters. The normalized spacial score (nSPS) is 16.4. The second kappa shape index (κ2) is 6.79. The van der Waals surface area contributed by atoms with Crippen molar-refractivity contribution in [3.63, 3.8) is 0 Å². The van der Waals surface area contributed by atoms with Crippen LogP contribution in [0, 0.1) is 5.92 Å². The van der Waals surface area contributed by atoms with Crippen molar-refractivity contribution >= 4 is 5.91 Å². The topological polar surface area (TPSA) is 61.4 Å². The van der Waals surface area contributed by atoms with Gasteiger partial charge in [0.15, 0.2) is 0 Å². The lowest BCUT2D eigenvalue weighted by atomic mass is 10.0. The van der Waals surface area contributed by atoms with Gasteiger partial charge in [0.25, 0.3) is 0 Å². The van der Waals surface area contributed by atoms with Crippen LogP contribution in [0.1, 0.15) is 25.7 Å². The monoisotopic (exact) mass is 200 g/mol. The zero-order chi connectivity index (χ0) is 10.2. The maximum atomic E-state index is 11.3. The van der Waals surface area contributed by atoms with Gasteiger partial charge in [-0.2, -0.15) is 0 Å². The number of hydrogen-bond acceptors (Lipinski definition) is 3. The lowest BCUT2D eigenvalue weighted by Gasteiger charge is -2.25. The van der Waals surface area contributed by atoms with Crippen molar-refractivity contribution in [2.75, 3.05) is 26.2 Å². The van der Waals surface area contributed by atoms with Crippen LogP contribution < -0.4 is 10.6 Å². The third-order valence-corrected chi connectivity index (χ3v) is 2.54. The molecule has 82 valence electrons. The fourth-order valence-corrected chi connectivity index (χ4v) is 1.42. The van der Waals surface area contributed by atoms with E-state index in [4.69, 9.17) is 5.11 Å². The highest BCUT2D eigenvalue weighted by atomic mass is 16.2. The first-order chi connectivity index (χ1) is 6.84. The molecule has 1 rings (SSSR count). The van der Waals surface area contributed by atoms with Gasteiger partial charge < -0.3 is 15.7 Å². The van der Waals surface area contributed by atoms with Crippen molar-refractivity contribution in [2.45, 2.75) is 25.7 Å². The molecule has 4 heteroatoms. The van der Waals surface area contributed by atoms with Gasteiger partial charge in [-0.1, -0.05) is 12.8 Å². The molecule has 1 aliphatic rings. The molecule has 0 saturated carbocycles. The Bertz CT molecular complexity index is 170. The zero-order valence-electron chi connectivity index (χ0n) is 8.59. The average molecular weight is 200 g/mol.